The lowest BCUT2D eigenvalue weighted by molar-refractivity contribution is -0.140. The Labute approximate surface area is 175 Å². The number of nitrogens with zero attached hydrogens (tertiary/aromatic N) is 1. The van der Waals surface area contributed by atoms with Crippen molar-refractivity contribution in [2.45, 2.75) is 66.2 Å². The Balaban J connectivity index is 2.56. The predicted octanol–water partition coefficient (Wildman–Crippen LogP) is 3.89. The van der Waals surface area contributed by atoms with Gasteiger partial charge in [0.2, 0.25) is 17.7 Å². The second kappa shape index (κ2) is 13.7. The van der Waals surface area contributed by atoms with Gasteiger partial charge >= 0.3 is 0 Å². The van der Waals surface area contributed by atoms with Crippen LogP contribution in [0.25, 0.3) is 0 Å². The first-order chi connectivity index (χ1) is 13.9. The summed E-state index contributed by atoms with van der Waals surface area (Å²) in [5.74, 6) is -0.583. The van der Waals surface area contributed by atoms with Crippen LogP contribution in [0.5, 0.6) is 0 Å². The third-order valence-electron chi connectivity index (χ3n) is 4.96. The molecule has 0 saturated carbocycles. The second-order valence-electron chi connectivity index (χ2n) is 7.55. The third-order valence-corrected chi connectivity index (χ3v) is 4.96. The van der Waals surface area contributed by atoms with E-state index in [-0.39, 0.29) is 36.7 Å². The van der Waals surface area contributed by atoms with E-state index in [1.165, 1.54) is 0 Å². The van der Waals surface area contributed by atoms with E-state index < -0.39 is 0 Å². The molecule has 29 heavy (non-hydrogen) atoms. The summed E-state index contributed by atoms with van der Waals surface area (Å²) in [5.41, 5.74) is 1.80. The van der Waals surface area contributed by atoms with Crippen molar-refractivity contribution in [3.8, 4) is 0 Å². The van der Waals surface area contributed by atoms with Gasteiger partial charge in [0.1, 0.15) is 0 Å². The number of anilines is 1. The van der Waals surface area contributed by atoms with Crippen molar-refractivity contribution in [1.29, 1.82) is 0 Å². The molecule has 0 aromatic heterocycles. The molecule has 0 bridgehead atoms. The van der Waals surface area contributed by atoms with Crippen LogP contribution in [0.3, 0.4) is 0 Å². The minimum Gasteiger partial charge on any atom is -0.345 e. The van der Waals surface area contributed by atoms with Crippen LogP contribution in [0.15, 0.2) is 24.3 Å². The van der Waals surface area contributed by atoms with Crippen molar-refractivity contribution in [3.63, 3.8) is 0 Å². The Morgan fingerprint density at radius 1 is 0.966 bits per heavy atom. The number of hydrogen-bond acceptors (Lipinski definition) is 3. The van der Waals surface area contributed by atoms with Crippen LogP contribution in [-0.2, 0) is 14.4 Å². The molecule has 0 aliphatic rings. The summed E-state index contributed by atoms with van der Waals surface area (Å²) in [4.78, 5) is 39.0. The molecule has 1 atom stereocenters. The average Bonchev–Trinajstić information content (AvgIpc) is 2.71. The molecule has 1 aromatic carbocycles. The summed E-state index contributed by atoms with van der Waals surface area (Å²) < 4.78 is 0. The van der Waals surface area contributed by atoms with E-state index >= 15 is 0 Å². The van der Waals surface area contributed by atoms with Gasteiger partial charge in [-0.05, 0) is 38.3 Å². The van der Waals surface area contributed by atoms with E-state index in [1.54, 1.807) is 4.90 Å². The molecular weight excluding hydrogens is 366 g/mol. The molecule has 0 spiro atoms. The number of carbonyl (C=O) groups excluding carboxylic acids is 3. The number of benzene rings is 1. The van der Waals surface area contributed by atoms with E-state index in [0.717, 1.165) is 44.1 Å². The second-order valence-corrected chi connectivity index (χ2v) is 7.55. The molecule has 0 unspecified atom stereocenters. The van der Waals surface area contributed by atoms with E-state index in [4.69, 9.17) is 0 Å². The van der Waals surface area contributed by atoms with E-state index in [0.29, 0.717) is 12.2 Å². The number of carbonyl (C=O) groups is 3. The van der Waals surface area contributed by atoms with Crippen molar-refractivity contribution in [3.05, 3.63) is 29.8 Å². The van der Waals surface area contributed by atoms with Crippen molar-refractivity contribution < 1.29 is 14.4 Å². The lowest BCUT2D eigenvalue weighted by Crippen LogP contribution is -2.45. The highest BCUT2D eigenvalue weighted by Crippen LogP contribution is 2.16. The number of amides is 3. The van der Waals surface area contributed by atoms with Gasteiger partial charge in [-0.15, -0.1) is 0 Å². The maximum atomic E-state index is 12.9. The van der Waals surface area contributed by atoms with Gasteiger partial charge < -0.3 is 15.5 Å². The molecule has 1 rings (SSSR count). The minimum absolute atomic E-state index is 0.000724. The molecule has 162 valence electrons. The van der Waals surface area contributed by atoms with Crippen molar-refractivity contribution in [1.82, 2.24) is 10.2 Å². The average molecular weight is 404 g/mol. The maximum Gasteiger partial charge on any atom is 0.243 e. The number of rotatable bonds is 13. The van der Waals surface area contributed by atoms with Crippen molar-refractivity contribution >= 4 is 23.4 Å². The van der Waals surface area contributed by atoms with Crippen LogP contribution in [0.2, 0.25) is 0 Å². The molecule has 0 radical (unpaired) electrons. The Morgan fingerprint density at radius 3 is 2.21 bits per heavy atom. The zero-order valence-corrected chi connectivity index (χ0v) is 18.4. The quantitative estimate of drug-likeness (QED) is 0.524. The number of unbranched alkanes of at least 4 members (excludes halogenated alkanes) is 2. The first-order valence-corrected chi connectivity index (χ1v) is 10.8. The number of nitrogens with one attached hydrogen (secondary N) is 2. The summed E-state index contributed by atoms with van der Waals surface area (Å²) in [5, 5.41) is 5.38. The van der Waals surface area contributed by atoms with E-state index in [2.05, 4.69) is 24.5 Å². The monoisotopic (exact) mass is 403 g/mol. The Bertz CT molecular complexity index is 643. The van der Waals surface area contributed by atoms with Crippen LogP contribution in [0, 0.1) is 12.8 Å². The van der Waals surface area contributed by atoms with Crippen LogP contribution >= 0.6 is 0 Å². The van der Waals surface area contributed by atoms with E-state index in [9.17, 15) is 14.4 Å². The van der Waals surface area contributed by atoms with Gasteiger partial charge in [-0.25, -0.2) is 0 Å². The molecule has 0 fully saturated rings. The molecule has 2 N–H and O–H groups in total. The molecule has 0 heterocycles. The molecule has 1 aromatic rings. The first-order valence-electron chi connectivity index (χ1n) is 10.8. The van der Waals surface area contributed by atoms with Crippen molar-refractivity contribution in [2.24, 2.45) is 5.92 Å². The molecule has 0 aliphatic heterocycles. The fourth-order valence-corrected chi connectivity index (χ4v) is 3.08. The minimum atomic E-state index is -0.307. The maximum absolute atomic E-state index is 12.9. The number of hydrogen-bond donors (Lipinski definition) is 2. The SMILES string of the molecule is CCCC[C@H](CC)C(=O)N(CCCC)CC(=O)NCC(=O)Nc1ccc(C)cc1. The summed E-state index contributed by atoms with van der Waals surface area (Å²) in [6.07, 6.45) is 5.51. The lowest BCUT2D eigenvalue weighted by atomic mass is 9.97. The summed E-state index contributed by atoms with van der Waals surface area (Å²) in [6, 6.07) is 7.46. The van der Waals surface area contributed by atoms with Gasteiger partial charge in [0, 0.05) is 18.2 Å². The number of aryl methyl sites for hydroxylation is 1. The highest BCUT2D eigenvalue weighted by Gasteiger charge is 2.24. The van der Waals surface area contributed by atoms with Gasteiger partial charge in [0.15, 0.2) is 0 Å². The first kappa shape index (κ1) is 24.7. The highest BCUT2D eigenvalue weighted by atomic mass is 16.2. The summed E-state index contributed by atoms with van der Waals surface area (Å²) >= 11 is 0. The zero-order chi connectivity index (χ0) is 21.6. The molecular formula is C23H37N3O3. The van der Waals surface area contributed by atoms with Gasteiger partial charge in [-0.3, -0.25) is 14.4 Å². The fourth-order valence-electron chi connectivity index (χ4n) is 3.08. The highest BCUT2D eigenvalue weighted by molar-refractivity contribution is 5.95. The zero-order valence-electron chi connectivity index (χ0n) is 18.4. The third kappa shape index (κ3) is 9.59. The molecule has 0 aliphatic carbocycles. The Morgan fingerprint density at radius 2 is 1.62 bits per heavy atom. The molecule has 3 amide bonds. The van der Waals surface area contributed by atoms with Gasteiger partial charge in [0.25, 0.3) is 0 Å². The van der Waals surface area contributed by atoms with Gasteiger partial charge in [0.05, 0.1) is 13.1 Å². The van der Waals surface area contributed by atoms with Crippen molar-refractivity contribution in [2.75, 3.05) is 25.0 Å². The molecule has 6 heteroatoms. The van der Waals surface area contributed by atoms with Gasteiger partial charge in [-0.2, -0.15) is 0 Å². The smallest absolute Gasteiger partial charge is 0.243 e. The Hall–Kier alpha value is -2.37. The normalized spacial score (nSPS) is 11.6. The molecule has 6 nitrogen and oxygen atoms in total. The van der Waals surface area contributed by atoms with Crippen LogP contribution < -0.4 is 10.6 Å². The fraction of sp³-hybridized carbons (Fsp3) is 0.609. The van der Waals surface area contributed by atoms with Gasteiger partial charge in [-0.1, -0.05) is 57.7 Å². The standard InChI is InChI=1S/C23H37N3O3/c1-5-8-10-19(7-3)23(29)26(15-9-6-2)17-22(28)24-16-21(27)25-20-13-11-18(4)12-14-20/h11-14,19H,5-10,15-17H2,1-4H3,(H,24,28)(H,25,27)/t19-/m0/s1. The Kier molecular flexibility index (Phi) is 11.7. The predicted molar refractivity (Wildman–Crippen MR) is 118 cm³/mol. The largest absolute Gasteiger partial charge is 0.345 e. The van der Waals surface area contributed by atoms with E-state index in [1.807, 2.05) is 38.1 Å². The summed E-state index contributed by atoms with van der Waals surface area (Å²) in [7, 11) is 0. The summed E-state index contributed by atoms with van der Waals surface area (Å²) in [6.45, 7) is 8.62. The van der Waals surface area contributed by atoms with Crippen LogP contribution in [-0.4, -0.2) is 42.3 Å². The molecule has 0 saturated heterocycles. The van der Waals surface area contributed by atoms with Crippen LogP contribution in [0.1, 0.15) is 64.9 Å². The lowest BCUT2D eigenvalue weighted by Gasteiger charge is -2.26. The van der Waals surface area contributed by atoms with Crippen LogP contribution in [0.4, 0.5) is 5.69 Å². The topological polar surface area (TPSA) is 78.5 Å².